The first-order chi connectivity index (χ1) is 10.3. The van der Waals surface area contributed by atoms with E-state index in [1.807, 2.05) is 11.8 Å². The molecule has 3 rings (SSSR count). The fraction of sp³-hybridized carbons (Fsp3) is 0.667. The lowest BCUT2D eigenvalue weighted by Crippen LogP contribution is -2.37. The van der Waals surface area contributed by atoms with Gasteiger partial charge in [-0.2, -0.15) is 23.5 Å². The van der Waals surface area contributed by atoms with Crippen LogP contribution in [-0.2, 0) is 6.42 Å². The normalized spacial score (nSPS) is 30.7. The van der Waals surface area contributed by atoms with Gasteiger partial charge in [0.15, 0.2) is 0 Å². The Bertz CT molecular complexity index is 462. The van der Waals surface area contributed by atoms with Gasteiger partial charge in [-0.1, -0.05) is 31.2 Å². The van der Waals surface area contributed by atoms with Crippen molar-refractivity contribution in [3.8, 4) is 0 Å². The lowest BCUT2D eigenvalue weighted by Gasteiger charge is -2.36. The van der Waals surface area contributed by atoms with Gasteiger partial charge in [0.1, 0.15) is 0 Å². The number of aliphatic hydroxyl groups excluding tert-OH is 1. The number of benzene rings is 1. The van der Waals surface area contributed by atoms with Crippen molar-refractivity contribution in [2.45, 2.75) is 61.5 Å². The Kier molecular flexibility index (Phi) is 5.58. The van der Waals surface area contributed by atoms with Crippen molar-refractivity contribution in [2.75, 3.05) is 11.5 Å². The molecule has 1 nitrogen and oxygen atoms in total. The largest absolute Gasteiger partial charge is 0.392 e. The zero-order valence-corrected chi connectivity index (χ0v) is 14.5. The summed E-state index contributed by atoms with van der Waals surface area (Å²) in [6.07, 6.45) is 5.72. The first-order valence-electron chi connectivity index (χ1n) is 8.28. The highest BCUT2D eigenvalue weighted by molar-refractivity contribution is 8.07. The van der Waals surface area contributed by atoms with Crippen LogP contribution in [0.15, 0.2) is 24.3 Å². The Hall–Kier alpha value is -0.120. The predicted molar refractivity (Wildman–Crippen MR) is 95.5 cm³/mol. The first kappa shape index (κ1) is 15.8. The van der Waals surface area contributed by atoms with Crippen LogP contribution >= 0.6 is 23.5 Å². The van der Waals surface area contributed by atoms with Crippen molar-refractivity contribution in [3.63, 3.8) is 0 Å². The molecule has 0 spiro atoms. The van der Waals surface area contributed by atoms with Gasteiger partial charge in [-0.25, -0.2) is 0 Å². The number of rotatable bonds is 4. The summed E-state index contributed by atoms with van der Waals surface area (Å²) in [5.41, 5.74) is 3.02. The molecule has 0 saturated carbocycles. The topological polar surface area (TPSA) is 20.2 Å². The van der Waals surface area contributed by atoms with Crippen LogP contribution in [-0.4, -0.2) is 33.2 Å². The van der Waals surface area contributed by atoms with Crippen LogP contribution in [0.1, 0.15) is 49.7 Å². The summed E-state index contributed by atoms with van der Waals surface area (Å²) in [4.78, 5) is 0. The van der Waals surface area contributed by atoms with Gasteiger partial charge < -0.3 is 5.11 Å². The lowest BCUT2D eigenvalue weighted by atomic mass is 9.79. The SMILES string of the molecule is CCC1SCCSC1C(O)CC1CCCc2ccccc21. The summed E-state index contributed by atoms with van der Waals surface area (Å²) in [5, 5.41) is 11.9. The zero-order valence-electron chi connectivity index (χ0n) is 12.8. The minimum absolute atomic E-state index is 0.149. The third-order valence-corrected chi connectivity index (χ3v) is 8.29. The van der Waals surface area contributed by atoms with Gasteiger partial charge >= 0.3 is 0 Å². The van der Waals surface area contributed by atoms with Crippen LogP contribution in [0.5, 0.6) is 0 Å². The van der Waals surface area contributed by atoms with Crippen molar-refractivity contribution >= 4 is 23.5 Å². The molecule has 1 fully saturated rings. The van der Waals surface area contributed by atoms with Gasteiger partial charge in [0.05, 0.1) is 6.10 Å². The Labute approximate surface area is 137 Å². The molecular formula is C18H26OS2. The second kappa shape index (κ2) is 7.43. The minimum Gasteiger partial charge on any atom is -0.392 e. The van der Waals surface area contributed by atoms with E-state index in [0.29, 0.717) is 16.4 Å². The molecule has 1 N–H and O–H groups in total. The second-order valence-electron chi connectivity index (χ2n) is 6.24. The fourth-order valence-electron chi connectivity index (χ4n) is 3.82. The minimum atomic E-state index is -0.149. The molecular weight excluding hydrogens is 296 g/mol. The van der Waals surface area contributed by atoms with E-state index in [4.69, 9.17) is 0 Å². The van der Waals surface area contributed by atoms with E-state index in [2.05, 4.69) is 43.0 Å². The maximum Gasteiger partial charge on any atom is 0.0675 e. The first-order valence-corrected chi connectivity index (χ1v) is 10.4. The van der Waals surface area contributed by atoms with Crippen molar-refractivity contribution in [1.82, 2.24) is 0 Å². The third kappa shape index (κ3) is 3.62. The maximum absolute atomic E-state index is 10.8. The van der Waals surface area contributed by atoms with E-state index in [0.717, 1.165) is 6.42 Å². The Balaban J connectivity index is 1.69. The number of aliphatic hydroxyl groups is 1. The molecule has 116 valence electrons. The van der Waals surface area contributed by atoms with Crippen LogP contribution in [0, 0.1) is 0 Å². The Morgan fingerprint density at radius 2 is 2.05 bits per heavy atom. The van der Waals surface area contributed by atoms with Crippen LogP contribution < -0.4 is 0 Å². The summed E-state index contributed by atoms with van der Waals surface area (Å²) in [7, 11) is 0. The molecule has 21 heavy (non-hydrogen) atoms. The zero-order chi connectivity index (χ0) is 14.7. The van der Waals surface area contributed by atoms with Gasteiger partial charge in [0.2, 0.25) is 0 Å². The average molecular weight is 323 g/mol. The molecule has 4 unspecified atom stereocenters. The van der Waals surface area contributed by atoms with Gasteiger partial charge in [0.25, 0.3) is 0 Å². The van der Waals surface area contributed by atoms with Gasteiger partial charge in [-0.05, 0) is 49.1 Å². The number of thioether (sulfide) groups is 2. The van der Waals surface area contributed by atoms with E-state index in [1.165, 1.54) is 48.3 Å². The molecule has 1 aromatic carbocycles. The quantitative estimate of drug-likeness (QED) is 0.882. The highest BCUT2D eigenvalue weighted by Gasteiger charge is 2.33. The van der Waals surface area contributed by atoms with Crippen molar-refractivity contribution in [1.29, 1.82) is 0 Å². The van der Waals surface area contributed by atoms with E-state index in [-0.39, 0.29) is 6.10 Å². The summed E-state index contributed by atoms with van der Waals surface area (Å²) in [5.74, 6) is 3.01. The van der Waals surface area contributed by atoms with E-state index in [1.54, 1.807) is 0 Å². The molecule has 1 aliphatic carbocycles. The molecule has 2 aliphatic rings. The molecule has 0 bridgehead atoms. The molecule has 1 aromatic rings. The Morgan fingerprint density at radius 3 is 2.90 bits per heavy atom. The highest BCUT2D eigenvalue weighted by atomic mass is 32.2. The monoisotopic (exact) mass is 322 g/mol. The molecule has 4 atom stereocenters. The van der Waals surface area contributed by atoms with Crippen LogP contribution in [0.2, 0.25) is 0 Å². The van der Waals surface area contributed by atoms with E-state index < -0.39 is 0 Å². The van der Waals surface area contributed by atoms with Crippen molar-refractivity contribution in [2.24, 2.45) is 0 Å². The van der Waals surface area contributed by atoms with Gasteiger partial charge in [0, 0.05) is 22.0 Å². The highest BCUT2D eigenvalue weighted by Crippen LogP contribution is 2.40. The summed E-state index contributed by atoms with van der Waals surface area (Å²) in [6, 6.07) is 8.86. The summed E-state index contributed by atoms with van der Waals surface area (Å²) >= 11 is 4.07. The molecule has 1 saturated heterocycles. The number of aryl methyl sites for hydroxylation is 1. The van der Waals surface area contributed by atoms with E-state index >= 15 is 0 Å². The van der Waals surface area contributed by atoms with Crippen molar-refractivity contribution < 1.29 is 5.11 Å². The van der Waals surface area contributed by atoms with Crippen LogP contribution in [0.3, 0.4) is 0 Å². The molecule has 0 aromatic heterocycles. The number of hydrogen-bond donors (Lipinski definition) is 1. The summed E-state index contributed by atoms with van der Waals surface area (Å²) in [6.45, 7) is 2.26. The number of hydrogen-bond acceptors (Lipinski definition) is 3. The smallest absolute Gasteiger partial charge is 0.0675 e. The van der Waals surface area contributed by atoms with Gasteiger partial charge in [-0.3, -0.25) is 0 Å². The Morgan fingerprint density at radius 1 is 1.24 bits per heavy atom. The maximum atomic E-state index is 10.8. The second-order valence-corrected chi connectivity index (χ2v) is 8.88. The fourth-order valence-corrected chi connectivity index (χ4v) is 6.98. The third-order valence-electron chi connectivity index (χ3n) is 4.89. The molecule has 1 aliphatic heterocycles. The summed E-state index contributed by atoms with van der Waals surface area (Å²) < 4.78 is 0. The molecule has 1 heterocycles. The number of fused-ring (bicyclic) bond motifs is 1. The van der Waals surface area contributed by atoms with Crippen molar-refractivity contribution in [3.05, 3.63) is 35.4 Å². The van der Waals surface area contributed by atoms with Crippen LogP contribution in [0.25, 0.3) is 0 Å². The lowest BCUT2D eigenvalue weighted by molar-refractivity contribution is 0.147. The molecule has 0 amide bonds. The molecule has 3 heteroatoms. The van der Waals surface area contributed by atoms with Crippen LogP contribution in [0.4, 0.5) is 0 Å². The average Bonchev–Trinajstić information content (AvgIpc) is 2.55. The van der Waals surface area contributed by atoms with E-state index in [9.17, 15) is 5.11 Å². The predicted octanol–water partition coefficient (Wildman–Crippen LogP) is 4.48. The van der Waals surface area contributed by atoms with Gasteiger partial charge in [-0.15, -0.1) is 0 Å². The molecule has 0 radical (unpaired) electrons. The standard InChI is InChI=1S/C18H26OS2/c1-2-17-18(21-11-10-20-17)16(19)12-14-8-5-7-13-6-3-4-9-15(13)14/h3-4,6,9,14,16-19H,2,5,7-8,10-12H2,1H3.